The Labute approximate surface area is 93.6 Å². The highest BCUT2D eigenvalue weighted by atomic mass is 31.0. The minimum Gasteiger partial charge on any atom is -0.192 e. The average molecular weight is 210 g/mol. The number of nitriles is 2. The molecule has 0 aliphatic heterocycles. The number of rotatable bonds is 1. The fourth-order valence-electron chi connectivity index (χ4n) is 1.46. The highest BCUT2D eigenvalue weighted by Crippen LogP contribution is 2.08. The van der Waals surface area contributed by atoms with Gasteiger partial charge in [-0.2, -0.15) is 10.5 Å². The first-order chi connectivity index (χ1) is 7.02. The summed E-state index contributed by atoms with van der Waals surface area (Å²) < 4.78 is 0. The summed E-state index contributed by atoms with van der Waals surface area (Å²) in [4.78, 5) is 0. The van der Waals surface area contributed by atoms with Crippen LogP contribution in [0.25, 0.3) is 5.57 Å². The standard InChI is InChI=1S/C10H9B2N2P/c1-5(3-13)6-2-8(11)7(4-14)10(15)9(6)12/h2H,1,11-12,15H2. The highest BCUT2D eigenvalue weighted by Gasteiger charge is 2.11. The zero-order valence-corrected chi connectivity index (χ0v) is 9.91. The van der Waals surface area contributed by atoms with Gasteiger partial charge in [0.1, 0.15) is 15.7 Å². The lowest BCUT2D eigenvalue weighted by atomic mass is 9.79. The van der Waals surface area contributed by atoms with Crippen molar-refractivity contribution in [3.8, 4) is 12.1 Å². The van der Waals surface area contributed by atoms with E-state index in [1.165, 1.54) is 0 Å². The van der Waals surface area contributed by atoms with Gasteiger partial charge in [0.05, 0.1) is 23.3 Å². The van der Waals surface area contributed by atoms with Crippen LogP contribution in [0.3, 0.4) is 0 Å². The zero-order chi connectivity index (χ0) is 11.6. The fourth-order valence-corrected chi connectivity index (χ4v) is 1.91. The third-order valence-electron chi connectivity index (χ3n) is 2.40. The molecule has 1 unspecified atom stereocenters. The summed E-state index contributed by atoms with van der Waals surface area (Å²) in [6.07, 6.45) is 0. The maximum atomic E-state index is 8.96. The van der Waals surface area contributed by atoms with Crippen LogP contribution >= 0.6 is 9.24 Å². The van der Waals surface area contributed by atoms with Gasteiger partial charge in [0.2, 0.25) is 0 Å². The lowest BCUT2D eigenvalue weighted by molar-refractivity contribution is 1.51. The summed E-state index contributed by atoms with van der Waals surface area (Å²) in [5.74, 6) is 0. The molecule has 0 saturated carbocycles. The summed E-state index contributed by atoms with van der Waals surface area (Å²) in [7, 11) is 6.30. The summed E-state index contributed by atoms with van der Waals surface area (Å²) in [6, 6.07) is 6.02. The summed E-state index contributed by atoms with van der Waals surface area (Å²) in [6.45, 7) is 3.69. The fraction of sp³-hybridized carbons (Fsp3) is 0. The Morgan fingerprint density at radius 1 is 1.40 bits per heavy atom. The molecule has 1 atom stereocenters. The molecule has 0 aromatic heterocycles. The molecule has 0 bridgehead atoms. The molecule has 15 heavy (non-hydrogen) atoms. The van der Waals surface area contributed by atoms with Gasteiger partial charge >= 0.3 is 0 Å². The summed E-state index contributed by atoms with van der Waals surface area (Å²) in [5.41, 5.74) is 3.71. The smallest absolute Gasteiger partial charge is 0.141 e. The normalized spacial score (nSPS) is 9.00. The molecule has 0 saturated heterocycles. The van der Waals surface area contributed by atoms with E-state index >= 15 is 0 Å². The molecule has 0 spiro atoms. The SMILES string of the molecule is Bc1cc(C(=C)C#N)c(B)c(P)c1C#N. The number of nitrogens with zero attached hydrogens (tertiary/aromatic N) is 2. The summed E-state index contributed by atoms with van der Waals surface area (Å²) in [5, 5.41) is 18.6. The molecule has 0 fully saturated rings. The van der Waals surface area contributed by atoms with Crippen molar-refractivity contribution in [2.75, 3.05) is 0 Å². The van der Waals surface area contributed by atoms with Gasteiger partial charge < -0.3 is 0 Å². The minimum absolute atomic E-state index is 0.434. The zero-order valence-electron chi connectivity index (χ0n) is 8.76. The van der Waals surface area contributed by atoms with Crippen molar-refractivity contribution in [3.63, 3.8) is 0 Å². The predicted octanol–water partition coefficient (Wildman–Crippen LogP) is -1.89. The third-order valence-corrected chi connectivity index (χ3v) is 3.13. The number of hydrogen-bond acceptors (Lipinski definition) is 2. The van der Waals surface area contributed by atoms with Crippen LogP contribution in [0.1, 0.15) is 11.1 Å². The molecule has 1 aromatic rings. The Kier molecular flexibility index (Phi) is 3.35. The van der Waals surface area contributed by atoms with Crippen molar-refractivity contribution in [1.29, 1.82) is 10.5 Å². The average Bonchev–Trinajstić information content (AvgIpc) is 2.23. The molecular weight excluding hydrogens is 201 g/mol. The molecule has 0 aliphatic carbocycles. The summed E-state index contributed by atoms with van der Waals surface area (Å²) >= 11 is 0. The Morgan fingerprint density at radius 3 is 2.47 bits per heavy atom. The largest absolute Gasteiger partial charge is 0.192 e. The van der Waals surface area contributed by atoms with E-state index in [-0.39, 0.29) is 0 Å². The highest BCUT2D eigenvalue weighted by molar-refractivity contribution is 7.28. The monoisotopic (exact) mass is 210 g/mol. The van der Waals surface area contributed by atoms with Crippen LogP contribution in [0.15, 0.2) is 12.6 Å². The second kappa shape index (κ2) is 4.35. The first-order valence-corrected chi connectivity index (χ1v) is 4.99. The van der Waals surface area contributed by atoms with Crippen LogP contribution in [-0.2, 0) is 0 Å². The van der Waals surface area contributed by atoms with E-state index in [0.29, 0.717) is 11.1 Å². The Morgan fingerprint density at radius 2 is 2.00 bits per heavy atom. The van der Waals surface area contributed by atoms with Crippen molar-refractivity contribution in [2.24, 2.45) is 0 Å². The van der Waals surface area contributed by atoms with E-state index in [4.69, 9.17) is 10.5 Å². The molecule has 0 heterocycles. The molecule has 5 heteroatoms. The number of hydrogen-bond donors (Lipinski definition) is 0. The molecule has 2 nitrogen and oxygen atoms in total. The molecule has 0 amide bonds. The van der Waals surface area contributed by atoms with E-state index in [1.807, 2.05) is 27.8 Å². The maximum Gasteiger partial charge on any atom is 0.141 e. The van der Waals surface area contributed by atoms with Crippen molar-refractivity contribution >= 4 is 46.7 Å². The molecule has 70 valence electrons. The maximum absolute atomic E-state index is 8.96. The van der Waals surface area contributed by atoms with Crippen LogP contribution in [0.2, 0.25) is 0 Å². The lowest BCUT2D eigenvalue weighted by Crippen LogP contribution is -2.32. The number of benzene rings is 1. The van der Waals surface area contributed by atoms with Gasteiger partial charge in [0.25, 0.3) is 0 Å². The van der Waals surface area contributed by atoms with Gasteiger partial charge in [-0.05, 0) is 10.9 Å². The lowest BCUT2D eigenvalue weighted by Gasteiger charge is -2.11. The third kappa shape index (κ3) is 1.96. The van der Waals surface area contributed by atoms with Crippen LogP contribution in [0.4, 0.5) is 0 Å². The van der Waals surface area contributed by atoms with Crippen LogP contribution in [0, 0.1) is 22.7 Å². The van der Waals surface area contributed by atoms with E-state index < -0.39 is 0 Å². The second-order valence-corrected chi connectivity index (χ2v) is 3.93. The van der Waals surface area contributed by atoms with Gasteiger partial charge in [-0.1, -0.05) is 23.6 Å². The Balaban J connectivity index is 3.58. The van der Waals surface area contributed by atoms with Crippen molar-refractivity contribution in [2.45, 2.75) is 0 Å². The Hall–Kier alpha value is -1.50. The van der Waals surface area contributed by atoms with Gasteiger partial charge in [0.15, 0.2) is 0 Å². The molecule has 1 aromatic carbocycles. The molecule has 1 rings (SSSR count). The van der Waals surface area contributed by atoms with Crippen molar-refractivity contribution in [3.05, 3.63) is 23.8 Å². The van der Waals surface area contributed by atoms with Crippen LogP contribution in [0.5, 0.6) is 0 Å². The number of allylic oxidation sites excluding steroid dienone is 1. The predicted molar refractivity (Wildman–Crippen MR) is 71.5 cm³/mol. The first-order valence-electron chi connectivity index (χ1n) is 4.42. The second-order valence-electron chi connectivity index (χ2n) is 3.36. The first kappa shape index (κ1) is 11.6. The van der Waals surface area contributed by atoms with Gasteiger partial charge in [-0.15, -0.1) is 9.24 Å². The molecular formula is C10H9B2N2P. The quantitative estimate of drug-likeness (QED) is 0.309. The van der Waals surface area contributed by atoms with Crippen molar-refractivity contribution < 1.29 is 0 Å². The topological polar surface area (TPSA) is 47.6 Å². The Bertz CT molecular complexity index is 524. The van der Waals surface area contributed by atoms with Gasteiger partial charge in [-0.25, -0.2) is 0 Å². The van der Waals surface area contributed by atoms with E-state index in [1.54, 1.807) is 0 Å². The van der Waals surface area contributed by atoms with E-state index in [0.717, 1.165) is 21.8 Å². The van der Waals surface area contributed by atoms with Crippen LogP contribution in [-0.4, -0.2) is 15.7 Å². The molecule has 0 radical (unpaired) electrons. The molecule has 0 aliphatic rings. The van der Waals surface area contributed by atoms with Gasteiger partial charge in [-0.3, -0.25) is 0 Å². The van der Waals surface area contributed by atoms with Gasteiger partial charge in [0, 0.05) is 0 Å². The van der Waals surface area contributed by atoms with E-state index in [2.05, 4.69) is 21.9 Å². The van der Waals surface area contributed by atoms with E-state index in [9.17, 15) is 0 Å². The van der Waals surface area contributed by atoms with Crippen LogP contribution < -0.4 is 16.2 Å². The molecule has 0 N–H and O–H groups in total. The minimum atomic E-state index is 0.434. The van der Waals surface area contributed by atoms with Crippen molar-refractivity contribution in [1.82, 2.24) is 0 Å².